The first-order chi connectivity index (χ1) is 22.8. The number of fused-ring (bicyclic) bond motifs is 9. The Morgan fingerprint density at radius 2 is 1.43 bits per heavy atom. The largest absolute Gasteiger partial charge is 0.485 e. The van der Waals surface area contributed by atoms with Crippen molar-refractivity contribution in [1.29, 1.82) is 0 Å². The molecular formula is C42H41NO3. The fourth-order valence-corrected chi connectivity index (χ4v) is 10.6. The van der Waals surface area contributed by atoms with E-state index < -0.39 is 0 Å². The van der Waals surface area contributed by atoms with Crippen LogP contribution in [0.2, 0.25) is 0 Å². The van der Waals surface area contributed by atoms with Gasteiger partial charge in [0.15, 0.2) is 11.5 Å². The molecule has 11 rings (SSSR count). The van der Waals surface area contributed by atoms with Crippen molar-refractivity contribution >= 4 is 0 Å². The van der Waals surface area contributed by atoms with Crippen LogP contribution in [0.3, 0.4) is 0 Å². The molecule has 46 heavy (non-hydrogen) atoms. The first kappa shape index (κ1) is 26.2. The molecule has 0 N–H and O–H groups in total. The Hall–Kier alpha value is -3.92. The van der Waals surface area contributed by atoms with Crippen LogP contribution in [-0.2, 0) is 14.2 Å². The molecular weight excluding hydrogens is 566 g/mol. The molecule has 0 saturated carbocycles. The molecule has 4 heteroatoms. The Morgan fingerprint density at radius 3 is 2.43 bits per heavy atom. The fraction of sp³-hybridized carbons (Fsp3) is 0.429. The smallest absolute Gasteiger partial charge is 0.162 e. The molecule has 0 bridgehead atoms. The van der Waals surface area contributed by atoms with Gasteiger partial charge in [-0.05, 0) is 122 Å². The van der Waals surface area contributed by atoms with Crippen LogP contribution in [0.1, 0.15) is 57.8 Å². The van der Waals surface area contributed by atoms with Crippen LogP contribution < -0.4 is 0 Å². The summed E-state index contributed by atoms with van der Waals surface area (Å²) in [4.78, 5) is 2.72. The predicted octanol–water partition coefficient (Wildman–Crippen LogP) is 8.72. The lowest BCUT2D eigenvalue weighted by atomic mass is 9.73. The van der Waals surface area contributed by atoms with E-state index in [1.54, 1.807) is 11.3 Å². The molecule has 0 fully saturated rings. The summed E-state index contributed by atoms with van der Waals surface area (Å²) in [5, 5.41) is 0. The maximum absolute atomic E-state index is 6.80. The monoisotopic (exact) mass is 607 g/mol. The first-order valence-electron chi connectivity index (χ1n) is 18.0. The zero-order chi connectivity index (χ0) is 29.9. The van der Waals surface area contributed by atoms with E-state index in [0.717, 1.165) is 62.2 Å². The number of allylic oxidation sites excluding steroid dienone is 10. The van der Waals surface area contributed by atoms with Crippen LogP contribution in [0.25, 0.3) is 0 Å². The van der Waals surface area contributed by atoms with E-state index in [9.17, 15) is 0 Å². The molecule has 0 aromatic heterocycles. The number of rotatable bonds is 2. The Kier molecular flexibility index (Phi) is 5.58. The number of nitrogens with zero attached hydrogens (tertiary/aromatic N) is 1. The topological polar surface area (TPSA) is 30.9 Å². The second-order valence-electron chi connectivity index (χ2n) is 15.0. The minimum atomic E-state index is 0.0763. The lowest BCUT2D eigenvalue weighted by Gasteiger charge is -2.36. The summed E-state index contributed by atoms with van der Waals surface area (Å²) < 4.78 is 19.9. The van der Waals surface area contributed by atoms with E-state index in [2.05, 4.69) is 90.0 Å². The highest BCUT2D eigenvalue weighted by atomic mass is 16.5. The average molecular weight is 608 g/mol. The van der Waals surface area contributed by atoms with Crippen molar-refractivity contribution in [2.24, 2.45) is 29.6 Å². The second kappa shape index (κ2) is 9.80. The minimum Gasteiger partial charge on any atom is -0.485 e. The van der Waals surface area contributed by atoms with Crippen molar-refractivity contribution in [2.75, 3.05) is 0 Å². The quantitative estimate of drug-likeness (QED) is 0.294. The van der Waals surface area contributed by atoms with Crippen LogP contribution in [0, 0.1) is 29.6 Å². The molecule has 0 radical (unpaired) electrons. The van der Waals surface area contributed by atoms with Gasteiger partial charge in [-0.25, -0.2) is 0 Å². The molecule has 7 aliphatic carbocycles. The van der Waals surface area contributed by atoms with Gasteiger partial charge in [0.2, 0.25) is 0 Å². The molecule has 0 spiro atoms. The minimum absolute atomic E-state index is 0.0763. The Labute approximate surface area is 271 Å². The molecule has 232 valence electrons. The predicted molar refractivity (Wildman–Crippen MR) is 178 cm³/mol. The molecule has 4 nitrogen and oxygen atoms in total. The maximum atomic E-state index is 6.80. The number of hydrogen-bond donors (Lipinski definition) is 0. The van der Waals surface area contributed by atoms with Crippen LogP contribution in [0.4, 0.5) is 0 Å². The van der Waals surface area contributed by atoms with Gasteiger partial charge >= 0.3 is 0 Å². The number of hydrogen-bond acceptors (Lipinski definition) is 4. The van der Waals surface area contributed by atoms with E-state index in [-0.39, 0.29) is 18.3 Å². The van der Waals surface area contributed by atoms with Gasteiger partial charge < -0.3 is 19.1 Å². The van der Waals surface area contributed by atoms with Crippen molar-refractivity contribution in [3.63, 3.8) is 0 Å². The zero-order valence-electron chi connectivity index (χ0n) is 26.3. The fourth-order valence-electron chi connectivity index (χ4n) is 10.6. The summed E-state index contributed by atoms with van der Waals surface area (Å²) in [6.07, 6.45) is 43.8. The third-order valence-electron chi connectivity index (χ3n) is 12.7. The third-order valence-corrected chi connectivity index (χ3v) is 12.7. The van der Waals surface area contributed by atoms with Gasteiger partial charge in [-0.2, -0.15) is 0 Å². The van der Waals surface area contributed by atoms with Crippen molar-refractivity contribution in [2.45, 2.75) is 82.1 Å². The van der Waals surface area contributed by atoms with Gasteiger partial charge in [-0.1, -0.05) is 48.6 Å². The molecule has 9 unspecified atom stereocenters. The molecule has 4 aliphatic heterocycles. The molecule has 4 heterocycles. The molecule has 9 atom stereocenters. The number of ether oxygens (including phenoxy) is 3. The summed E-state index contributed by atoms with van der Waals surface area (Å²) >= 11 is 0. The van der Waals surface area contributed by atoms with Crippen LogP contribution >= 0.6 is 0 Å². The van der Waals surface area contributed by atoms with Crippen molar-refractivity contribution in [3.05, 3.63) is 142 Å². The highest BCUT2D eigenvalue weighted by Crippen LogP contribution is 2.55. The van der Waals surface area contributed by atoms with Gasteiger partial charge in [0.1, 0.15) is 24.1 Å². The average Bonchev–Trinajstić information content (AvgIpc) is 3.86. The van der Waals surface area contributed by atoms with E-state index in [4.69, 9.17) is 14.2 Å². The molecule has 0 aromatic carbocycles. The van der Waals surface area contributed by atoms with E-state index in [1.807, 2.05) is 0 Å². The summed E-state index contributed by atoms with van der Waals surface area (Å²) in [7, 11) is 0. The lowest BCUT2D eigenvalue weighted by molar-refractivity contribution is 0.104. The van der Waals surface area contributed by atoms with Crippen molar-refractivity contribution < 1.29 is 14.2 Å². The van der Waals surface area contributed by atoms with E-state index in [0.29, 0.717) is 35.6 Å². The molecule has 0 aromatic rings. The third kappa shape index (κ3) is 3.67. The second-order valence-corrected chi connectivity index (χ2v) is 15.0. The highest BCUT2D eigenvalue weighted by Gasteiger charge is 2.49. The summed E-state index contributed by atoms with van der Waals surface area (Å²) in [5.41, 5.74) is 10.4. The summed E-state index contributed by atoms with van der Waals surface area (Å²) in [6.45, 7) is 0. The summed E-state index contributed by atoms with van der Waals surface area (Å²) in [6, 6.07) is 0.544. The summed E-state index contributed by atoms with van der Waals surface area (Å²) in [5.74, 6) is 5.31. The Balaban J connectivity index is 0.873. The first-order valence-corrected chi connectivity index (χ1v) is 18.0. The standard InChI is InChI=1S/C42H41NO3/c1-4-10-35-27(7-1)28-8-2-5-11-36(28)43(35)26-15-20-40-34(23-26)31-17-16-30-33-22-25(14-19-39(33)45-41(30)42(31)46-40)24-13-18-38-32(21-24)29-9-3-6-12-37(29)44-38/h1-2,6-8,12-15,18-21,23,25,27,32-35,38-40H,3-5,9-11,16-17,22H2. The Bertz CT molecular complexity index is 1810. The van der Waals surface area contributed by atoms with Crippen molar-refractivity contribution in [1.82, 2.24) is 4.90 Å². The van der Waals surface area contributed by atoms with Crippen LogP contribution in [0.15, 0.2) is 142 Å². The lowest BCUT2D eigenvalue weighted by Crippen LogP contribution is -2.35. The van der Waals surface area contributed by atoms with Gasteiger partial charge in [0.25, 0.3) is 0 Å². The molecule has 0 saturated heterocycles. The Morgan fingerprint density at radius 1 is 0.609 bits per heavy atom. The molecule has 11 aliphatic rings. The highest BCUT2D eigenvalue weighted by molar-refractivity contribution is 5.51. The normalized spacial score (nSPS) is 40.3. The van der Waals surface area contributed by atoms with Crippen molar-refractivity contribution in [3.8, 4) is 0 Å². The van der Waals surface area contributed by atoms with Gasteiger partial charge in [0, 0.05) is 47.0 Å². The van der Waals surface area contributed by atoms with Gasteiger partial charge in [0.05, 0.1) is 0 Å². The van der Waals surface area contributed by atoms with Crippen LogP contribution in [-0.4, -0.2) is 29.3 Å². The van der Waals surface area contributed by atoms with Crippen LogP contribution in [0.5, 0.6) is 0 Å². The SMILES string of the molecule is C1=CC2=C(CC1)C1C=C(C3C=CC4OC5=C(CCC6=C5OC5C=CC(N7C8=C(C=CCC8)C8C=CCCC87)=CC65)C4C3)C=CC1O2. The molecule has 0 amide bonds. The zero-order valence-corrected chi connectivity index (χ0v) is 26.3. The maximum Gasteiger partial charge on any atom is 0.162 e. The van der Waals surface area contributed by atoms with E-state index in [1.165, 1.54) is 40.8 Å². The van der Waals surface area contributed by atoms with Gasteiger partial charge in [-0.15, -0.1) is 0 Å². The van der Waals surface area contributed by atoms with E-state index >= 15 is 0 Å². The van der Waals surface area contributed by atoms with Gasteiger partial charge in [-0.3, -0.25) is 0 Å².